The molecule has 0 aliphatic carbocycles. The predicted octanol–water partition coefficient (Wildman–Crippen LogP) is 3.25. The molecule has 1 unspecified atom stereocenters. The maximum atomic E-state index is 11.6. The number of benzene rings is 1. The highest BCUT2D eigenvalue weighted by atomic mass is 32.2. The molecule has 0 saturated carbocycles. The average molecular weight is 345 g/mol. The number of pyridine rings is 1. The third kappa shape index (κ3) is 3.69. The highest BCUT2D eigenvalue weighted by molar-refractivity contribution is 7.99. The molecule has 2 N–H and O–H groups in total. The zero-order valence-corrected chi connectivity index (χ0v) is 14.0. The summed E-state index contributed by atoms with van der Waals surface area (Å²) in [5.74, 6) is -0.394. The Kier molecular flexibility index (Phi) is 4.90. The first kappa shape index (κ1) is 15.9. The number of nitrogens with one attached hydrogen (secondary N) is 1. The first-order valence-electron chi connectivity index (χ1n) is 7.13. The van der Waals surface area contributed by atoms with Crippen LogP contribution in [0.3, 0.4) is 0 Å². The number of nitrogens with zero attached hydrogens (tertiary/aromatic N) is 2. The van der Waals surface area contributed by atoms with Gasteiger partial charge in [-0.25, -0.2) is 4.98 Å². The highest BCUT2D eigenvalue weighted by Gasteiger charge is 2.14. The van der Waals surface area contributed by atoms with Crippen LogP contribution in [-0.4, -0.2) is 27.1 Å². The summed E-state index contributed by atoms with van der Waals surface area (Å²) in [6.07, 6.45) is 2.93. The number of fused-ring (bicyclic) bond motifs is 1. The topological polar surface area (TPSA) is 75.1 Å². The van der Waals surface area contributed by atoms with E-state index in [1.54, 1.807) is 19.3 Å². The second-order valence-electron chi connectivity index (χ2n) is 4.89. The lowest BCUT2D eigenvalue weighted by molar-refractivity contribution is -0.127. The molecule has 0 bridgehead atoms. The van der Waals surface area contributed by atoms with Gasteiger partial charge in [-0.15, -0.1) is 11.3 Å². The van der Waals surface area contributed by atoms with E-state index >= 15 is 0 Å². The summed E-state index contributed by atoms with van der Waals surface area (Å²) < 4.78 is 4.42. The molecule has 2 aromatic heterocycles. The quantitative estimate of drug-likeness (QED) is 0.694. The van der Waals surface area contributed by atoms with Gasteiger partial charge in [-0.3, -0.25) is 14.5 Å². The van der Waals surface area contributed by atoms with E-state index in [4.69, 9.17) is 0 Å². The molecule has 0 fully saturated rings. The van der Waals surface area contributed by atoms with Gasteiger partial charge in [-0.2, -0.15) is 0 Å². The zero-order valence-electron chi connectivity index (χ0n) is 12.4. The van der Waals surface area contributed by atoms with E-state index in [2.05, 4.69) is 14.7 Å². The monoisotopic (exact) mass is 345 g/mol. The van der Waals surface area contributed by atoms with Crippen LogP contribution >= 0.6 is 23.3 Å². The Bertz CT molecular complexity index is 821. The molecular weight excluding hydrogens is 330 g/mol. The molecule has 3 rings (SSSR count). The Morgan fingerprint density at radius 2 is 2.09 bits per heavy atom. The summed E-state index contributed by atoms with van der Waals surface area (Å²) in [5, 5.41) is 9.46. The van der Waals surface area contributed by atoms with E-state index in [1.807, 2.05) is 30.3 Å². The summed E-state index contributed by atoms with van der Waals surface area (Å²) in [5.41, 5.74) is 3.05. The van der Waals surface area contributed by atoms with Gasteiger partial charge in [-0.1, -0.05) is 13.0 Å². The number of aliphatic hydroxyl groups excluding tert-OH is 1. The molecule has 0 aliphatic heterocycles. The van der Waals surface area contributed by atoms with Gasteiger partial charge in [0.25, 0.3) is 5.91 Å². The fourth-order valence-corrected chi connectivity index (χ4v) is 3.73. The Morgan fingerprint density at radius 3 is 2.83 bits per heavy atom. The van der Waals surface area contributed by atoms with Crippen molar-refractivity contribution in [1.82, 2.24) is 14.7 Å². The molecule has 1 atom stereocenters. The van der Waals surface area contributed by atoms with Crippen LogP contribution in [0.15, 0.2) is 47.1 Å². The second kappa shape index (κ2) is 7.08. The Hall–Kier alpha value is -1.96. The van der Waals surface area contributed by atoms with Crippen LogP contribution in [0, 0.1) is 0 Å². The van der Waals surface area contributed by atoms with Gasteiger partial charge in [0, 0.05) is 24.3 Å². The van der Waals surface area contributed by atoms with E-state index in [0.717, 1.165) is 37.6 Å². The molecule has 2 heterocycles. The molecule has 0 radical (unpaired) electrons. The van der Waals surface area contributed by atoms with Gasteiger partial charge < -0.3 is 5.11 Å². The average Bonchev–Trinajstić information content (AvgIpc) is 3.01. The van der Waals surface area contributed by atoms with Crippen molar-refractivity contribution in [1.29, 1.82) is 0 Å². The lowest BCUT2D eigenvalue weighted by atomic mass is 10.1. The normalized spacial score (nSPS) is 12.3. The van der Waals surface area contributed by atoms with Gasteiger partial charge in [0.05, 0.1) is 10.2 Å². The fraction of sp³-hybridized carbons (Fsp3) is 0.188. The third-order valence-electron chi connectivity index (χ3n) is 3.31. The van der Waals surface area contributed by atoms with Crippen LogP contribution in [0.5, 0.6) is 0 Å². The summed E-state index contributed by atoms with van der Waals surface area (Å²) >= 11 is 2.64. The number of aliphatic hydroxyl groups is 1. The number of carbonyl (C=O) groups excluding carboxylic acids is 1. The number of thiazole rings is 1. The lowest BCUT2D eigenvalue weighted by Crippen LogP contribution is -2.29. The highest BCUT2D eigenvalue weighted by Crippen LogP contribution is 2.31. The number of amides is 1. The summed E-state index contributed by atoms with van der Waals surface area (Å²) in [4.78, 5) is 20.1. The number of hydrogen-bond acceptors (Lipinski definition) is 6. The van der Waals surface area contributed by atoms with Crippen LogP contribution < -0.4 is 4.72 Å². The van der Waals surface area contributed by atoms with Crippen molar-refractivity contribution in [2.45, 2.75) is 23.8 Å². The molecule has 0 aliphatic rings. The second-order valence-corrected chi connectivity index (χ2v) is 6.97. The standard InChI is InChI=1S/C16H15N3O2S2/c1-2-13(20)15(21)19-23-16-18-12-9-11(3-4-14(12)22-16)10-5-7-17-8-6-10/h3-9,13,20H,2H2,1H3,(H,19,21). The molecule has 0 spiro atoms. The van der Waals surface area contributed by atoms with Gasteiger partial charge >= 0.3 is 0 Å². The van der Waals surface area contributed by atoms with Crippen LogP contribution in [0.4, 0.5) is 0 Å². The molecule has 3 aromatic rings. The van der Waals surface area contributed by atoms with E-state index in [-0.39, 0.29) is 0 Å². The van der Waals surface area contributed by atoms with Crippen molar-refractivity contribution in [2.24, 2.45) is 0 Å². The van der Waals surface area contributed by atoms with Crippen molar-refractivity contribution < 1.29 is 9.90 Å². The fourth-order valence-electron chi connectivity index (χ4n) is 2.02. The van der Waals surface area contributed by atoms with Gasteiger partial charge in [0.2, 0.25) is 0 Å². The maximum Gasteiger partial charge on any atom is 0.258 e. The molecule has 23 heavy (non-hydrogen) atoms. The first-order chi connectivity index (χ1) is 11.2. The van der Waals surface area contributed by atoms with E-state index in [1.165, 1.54) is 11.3 Å². The van der Waals surface area contributed by atoms with Crippen LogP contribution in [0.25, 0.3) is 21.3 Å². The smallest absolute Gasteiger partial charge is 0.258 e. The van der Waals surface area contributed by atoms with Crippen molar-refractivity contribution in [3.8, 4) is 11.1 Å². The van der Waals surface area contributed by atoms with Crippen LogP contribution in [-0.2, 0) is 4.79 Å². The molecular formula is C16H15N3O2S2. The zero-order chi connectivity index (χ0) is 16.2. The summed E-state index contributed by atoms with van der Waals surface area (Å²) in [6.45, 7) is 1.76. The van der Waals surface area contributed by atoms with E-state index < -0.39 is 12.0 Å². The largest absolute Gasteiger partial charge is 0.383 e. The molecule has 1 amide bonds. The first-order valence-corrected chi connectivity index (χ1v) is 8.76. The van der Waals surface area contributed by atoms with Crippen molar-refractivity contribution >= 4 is 39.4 Å². The number of aromatic nitrogens is 2. The minimum absolute atomic E-state index is 0.390. The third-order valence-corrected chi connectivity index (χ3v) is 5.21. The lowest BCUT2D eigenvalue weighted by Gasteiger charge is -2.06. The Labute approximate surface area is 141 Å². The van der Waals surface area contributed by atoms with Crippen LogP contribution in [0.2, 0.25) is 0 Å². The predicted molar refractivity (Wildman–Crippen MR) is 93.1 cm³/mol. The minimum atomic E-state index is -0.977. The SMILES string of the molecule is CCC(O)C(=O)NSc1nc2cc(-c3ccncc3)ccc2s1. The van der Waals surface area contributed by atoms with Gasteiger partial charge in [0.1, 0.15) is 6.10 Å². The summed E-state index contributed by atoms with van der Waals surface area (Å²) in [6, 6.07) is 10.00. The molecule has 0 saturated heterocycles. The molecule has 5 nitrogen and oxygen atoms in total. The van der Waals surface area contributed by atoms with Crippen LogP contribution in [0.1, 0.15) is 13.3 Å². The minimum Gasteiger partial charge on any atom is -0.383 e. The Balaban J connectivity index is 1.78. The van der Waals surface area contributed by atoms with Gasteiger partial charge in [0.15, 0.2) is 4.34 Å². The van der Waals surface area contributed by atoms with E-state index in [9.17, 15) is 9.90 Å². The number of rotatable bonds is 5. The van der Waals surface area contributed by atoms with Gasteiger partial charge in [-0.05, 0) is 41.8 Å². The number of carbonyl (C=O) groups is 1. The van der Waals surface area contributed by atoms with E-state index in [0.29, 0.717) is 6.42 Å². The molecule has 118 valence electrons. The maximum absolute atomic E-state index is 11.6. The number of hydrogen-bond donors (Lipinski definition) is 2. The Morgan fingerprint density at radius 1 is 1.30 bits per heavy atom. The van der Waals surface area contributed by atoms with Crippen molar-refractivity contribution in [3.63, 3.8) is 0 Å². The molecule has 7 heteroatoms. The van der Waals surface area contributed by atoms with Crippen molar-refractivity contribution in [2.75, 3.05) is 0 Å². The molecule has 1 aromatic carbocycles. The van der Waals surface area contributed by atoms with Crippen molar-refractivity contribution in [3.05, 3.63) is 42.7 Å². The summed E-state index contributed by atoms with van der Waals surface area (Å²) in [7, 11) is 0.